The van der Waals surface area contributed by atoms with Gasteiger partial charge in [0.2, 0.25) is 11.8 Å². The summed E-state index contributed by atoms with van der Waals surface area (Å²) >= 11 is 17.3. The third-order valence-corrected chi connectivity index (χ3v) is 8.40. The number of thiol groups is 1. The van der Waals surface area contributed by atoms with Crippen LogP contribution in [0.25, 0.3) is 0 Å². The molecular weight excluding hydrogens is 479 g/mol. The summed E-state index contributed by atoms with van der Waals surface area (Å²) in [7, 11) is 0. The maximum absolute atomic E-state index is 12.4. The van der Waals surface area contributed by atoms with Gasteiger partial charge < -0.3 is 0 Å². The van der Waals surface area contributed by atoms with Crippen molar-refractivity contribution in [1.29, 1.82) is 0 Å². The van der Waals surface area contributed by atoms with E-state index in [1.54, 1.807) is 12.3 Å². The fraction of sp³-hybridized carbons (Fsp3) is 0.458. The summed E-state index contributed by atoms with van der Waals surface area (Å²) in [5, 5.41) is 3.47. The minimum Gasteiger partial charge on any atom is -0.299 e. The van der Waals surface area contributed by atoms with Crippen molar-refractivity contribution in [2.75, 3.05) is 13.1 Å². The number of carbonyl (C=O) groups is 2. The molecular formula is C24H26Cl2N4O2S. The summed E-state index contributed by atoms with van der Waals surface area (Å²) in [5.41, 5.74) is 4.53. The van der Waals surface area contributed by atoms with E-state index in [0.717, 1.165) is 43.7 Å². The fourth-order valence-electron chi connectivity index (χ4n) is 5.23. The Balaban J connectivity index is 1.21. The van der Waals surface area contributed by atoms with Gasteiger partial charge in [0.05, 0.1) is 27.2 Å². The Morgan fingerprint density at radius 3 is 2.67 bits per heavy atom. The topological polar surface area (TPSA) is 65.5 Å². The van der Waals surface area contributed by atoms with E-state index in [1.807, 2.05) is 0 Å². The van der Waals surface area contributed by atoms with Gasteiger partial charge in [-0.15, -0.1) is 0 Å². The highest BCUT2D eigenvalue weighted by Gasteiger charge is 2.39. The van der Waals surface area contributed by atoms with Crippen molar-refractivity contribution < 1.29 is 9.59 Å². The zero-order chi connectivity index (χ0) is 23.1. The van der Waals surface area contributed by atoms with Crippen molar-refractivity contribution in [2.24, 2.45) is 0 Å². The lowest BCUT2D eigenvalue weighted by Crippen LogP contribution is -2.51. The average Bonchev–Trinajstić information content (AvgIpc) is 3.12. The molecule has 1 aromatic carbocycles. The summed E-state index contributed by atoms with van der Waals surface area (Å²) in [5.74, 6) is -0.0712. The van der Waals surface area contributed by atoms with E-state index in [4.69, 9.17) is 35.8 Å². The number of hydrogen-bond acceptors (Lipinski definition) is 6. The van der Waals surface area contributed by atoms with E-state index < -0.39 is 0 Å². The van der Waals surface area contributed by atoms with E-state index in [0.29, 0.717) is 35.3 Å². The van der Waals surface area contributed by atoms with Crippen LogP contribution in [-0.2, 0) is 22.7 Å². The Bertz CT molecular complexity index is 1090. The Morgan fingerprint density at radius 2 is 1.91 bits per heavy atom. The normalized spacial score (nSPS) is 24.7. The molecule has 5 rings (SSSR count). The molecule has 2 saturated heterocycles. The van der Waals surface area contributed by atoms with Gasteiger partial charge in [-0.25, -0.2) is 0 Å². The number of halogens is 2. The quantitative estimate of drug-likeness (QED) is 0.479. The molecule has 9 heteroatoms. The van der Waals surface area contributed by atoms with Crippen LogP contribution in [0.15, 0.2) is 30.5 Å². The third kappa shape index (κ3) is 4.66. The number of fused-ring (bicyclic) bond motifs is 1. The summed E-state index contributed by atoms with van der Waals surface area (Å²) in [4.78, 5) is 32.9. The van der Waals surface area contributed by atoms with E-state index in [-0.39, 0.29) is 23.2 Å². The second-order valence-corrected chi connectivity index (χ2v) is 10.4. The number of likely N-dealkylation sites (tertiary alicyclic amines) is 1. The molecule has 2 fully saturated rings. The molecule has 1 N–H and O–H groups in total. The molecule has 6 nitrogen and oxygen atoms in total. The molecule has 3 aliphatic heterocycles. The third-order valence-electron chi connectivity index (χ3n) is 7.01. The lowest BCUT2D eigenvalue weighted by atomic mass is 9.92. The number of piperidine rings is 2. The zero-order valence-corrected chi connectivity index (χ0v) is 20.5. The first-order chi connectivity index (χ1) is 15.9. The van der Waals surface area contributed by atoms with Gasteiger partial charge in [0, 0.05) is 31.6 Å². The molecule has 174 valence electrons. The predicted octanol–water partition coefficient (Wildman–Crippen LogP) is 4.32. The van der Waals surface area contributed by atoms with Crippen LogP contribution in [0, 0.1) is 0 Å². The number of hydrogen-bond donors (Lipinski definition) is 2. The number of amides is 2. The van der Waals surface area contributed by atoms with Crippen molar-refractivity contribution in [3.05, 3.63) is 62.9 Å². The summed E-state index contributed by atoms with van der Waals surface area (Å²) in [6.45, 7) is 3.50. The van der Waals surface area contributed by atoms with Gasteiger partial charge in [0.1, 0.15) is 0 Å². The molecule has 4 heterocycles. The van der Waals surface area contributed by atoms with E-state index in [1.165, 1.54) is 11.1 Å². The Kier molecular flexibility index (Phi) is 6.69. The SMILES string of the molecule is O=C1CCC(N2Cc3cc(CN4CCC(c5nccc(Cl)c5Cl)CC4)ccc3C2S)C(=O)N1. The van der Waals surface area contributed by atoms with Crippen LogP contribution in [0.4, 0.5) is 0 Å². The van der Waals surface area contributed by atoms with Crippen molar-refractivity contribution in [3.8, 4) is 0 Å². The van der Waals surface area contributed by atoms with Gasteiger partial charge in [-0.05, 0) is 55.1 Å². The first-order valence-electron chi connectivity index (χ1n) is 11.3. The second-order valence-electron chi connectivity index (χ2n) is 9.09. The van der Waals surface area contributed by atoms with Crippen molar-refractivity contribution in [1.82, 2.24) is 20.1 Å². The minimum absolute atomic E-state index is 0.135. The monoisotopic (exact) mass is 504 g/mol. The minimum atomic E-state index is -0.313. The summed E-state index contributed by atoms with van der Waals surface area (Å²) in [6, 6.07) is 7.96. The molecule has 2 unspecified atom stereocenters. The molecule has 3 aliphatic rings. The van der Waals surface area contributed by atoms with Crippen molar-refractivity contribution in [2.45, 2.75) is 56.1 Å². The van der Waals surface area contributed by atoms with Crippen LogP contribution in [0.5, 0.6) is 0 Å². The highest BCUT2D eigenvalue weighted by atomic mass is 35.5. The molecule has 0 saturated carbocycles. The largest absolute Gasteiger partial charge is 0.299 e. The smallest absolute Gasteiger partial charge is 0.243 e. The molecule has 2 atom stereocenters. The molecule has 33 heavy (non-hydrogen) atoms. The van der Waals surface area contributed by atoms with Crippen LogP contribution < -0.4 is 5.32 Å². The molecule has 2 amide bonds. The van der Waals surface area contributed by atoms with Crippen LogP contribution in [0.1, 0.15) is 59.4 Å². The van der Waals surface area contributed by atoms with Crippen LogP contribution >= 0.6 is 35.8 Å². The Labute approximate surface area is 209 Å². The lowest BCUT2D eigenvalue weighted by molar-refractivity contribution is -0.137. The van der Waals surface area contributed by atoms with Gasteiger partial charge in [0.25, 0.3) is 0 Å². The second kappa shape index (κ2) is 9.55. The van der Waals surface area contributed by atoms with E-state index in [9.17, 15) is 9.59 Å². The van der Waals surface area contributed by atoms with Crippen molar-refractivity contribution >= 4 is 47.6 Å². The molecule has 0 radical (unpaired) electrons. The first kappa shape index (κ1) is 23.1. The highest BCUT2D eigenvalue weighted by molar-refractivity contribution is 7.80. The maximum atomic E-state index is 12.4. The predicted molar refractivity (Wildman–Crippen MR) is 131 cm³/mol. The van der Waals surface area contributed by atoms with Crippen LogP contribution in [-0.4, -0.2) is 45.7 Å². The first-order valence-corrected chi connectivity index (χ1v) is 12.6. The molecule has 0 bridgehead atoms. The number of nitrogens with zero attached hydrogens (tertiary/aromatic N) is 3. The maximum Gasteiger partial charge on any atom is 0.243 e. The standard InChI is InChI=1S/C24H26Cl2N4O2S/c25-18-5-8-27-22(21(18)26)15-6-9-29(10-7-15)12-14-1-2-17-16(11-14)13-30(24(17)33)19-3-4-20(31)28-23(19)32/h1-2,5,8,11,15,19,24,33H,3-4,6-7,9-10,12-13H2,(H,28,31,32). The molecule has 0 aliphatic carbocycles. The van der Waals surface area contributed by atoms with Gasteiger partial charge in [-0.1, -0.05) is 41.4 Å². The number of benzene rings is 1. The fourth-order valence-corrected chi connectivity index (χ4v) is 6.14. The zero-order valence-electron chi connectivity index (χ0n) is 18.1. The van der Waals surface area contributed by atoms with E-state index >= 15 is 0 Å². The number of carbonyl (C=O) groups excluding carboxylic acids is 2. The molecule has 1 aromatic heterocycles. The van der Waals surface area contributed by atoms with Crippen molar-refractivity contribution in [3.63, 3.8) is 0 Å². The number of rotatable bonds is 4. The summed E-state index contributed by atoms with van der Waals surface area (Å²) < 4.78 is 0. The number of imide groups is 1. The van der Waals surface area contributed by atoms with Crippen LogP contribution in [0.2, 0.25) is 10.0 Å². The van der Waals surface area contributed by atoms with Gasteiger partial charge in [-0.2, -0.15) is 12.6 Å². The number of aromatic nitrogens is 1. The molecule has 0 spiro atoms. The Hall–Kier alpha value is -1.64. The average molecular weight is 505 g/mol. The Morgan fingerprint density at radius 1 is 1.12 bits per heavy atom. The summed E-state index contributed by atoms with van der Waals surface area (Å²) in [6.07, 6.45) is 4.65. The molecule has 2 aromatic rings. The number of pyridine rings is 1. The van der Waals surface area contributed by atoms with Gasteiger partial charge in [0.15, 0.2) is 0 Å². The van der Waals surface area contributed by atoms with Crippen LogP contribution in [0.3, 0.4) is 0 Å². The van der Waals surface area contributed by atoms with E-state index in [2.05, 4.69) is 38.3 Å². The number of nitrogens with one attached hydrogen (secondary N) is 1. The highest BCUT2D eigenvalue weighted by Crippen LogP contribution is 2.40. The lowest BCUT2D eigenvalue weighted by Gasteiger charge is -2.32. The van der Waals surface area contributed by atoms with Gasteiger partial charge >= 0.3 is 0 Å². The van der Waals surface area contributed by atoms with Gasteiger partial charge in [-0.3, -0.25) is 29.7 Å².